The first kappa shape index (κ1) is 15.5. The van der Waals surface area contributed by atoms with Crippen LogP contribution in [0.1, 0.15) is 20.9 Å². The van der Waals surface area contributed by atoms with E-state index in [0.717, 1.165) is 10.6 Å². The molecule has 0 saturated heterocycles. The number of anilines is 1. The highest BCUT2D eigenvalue weighted by Gasteiger charge is 2.16. The Hall–Kier alpha value is -1.93. The molecule has 2 rings (SSSR count). The largest absolute Gasteiger partial charge is 0.465 e. The predicted molar refractivity (Wildman–Crippen MR) is 86.7 cm³/mol. The molecule has 0 aliphatic carbocycles. The van der Waals surface area contributed by atoms with E-state index in [1.807, 2.05) is 26.2 Å². The Labute approximate surface area is 132 Å². The summed E-state index contributed by atoms with van der Waals surface area (Å²) in [5.41, 5.74) is 1.37. The molecule has 0 amide bonds. The van der Waals surface area contributed by atoms with Crippen LogP contribution in [0.4, 0.5) is 5.00 Å². The van der Waals surface area contributed by atoms with E-state index in [2.05, 4.69) is 15.7 Å². The van der Waals surface area contributed by atoms with E-state index in [1.165, 1.54) is 18.4 Å². The van der Waals surface area contributed by atoms with Gasteiger partial charge in [0.05, 0.1) is 24.9 Å². The smallest absolute Gasteiger partial charge is 0.340 e. The van der Waals surface area contributed by atoms with Crippen molar-refractivity contribution in [2.75, 3.05) is 12.4 Å². The van der Waals surface area contributed by atoms with Gasteiger partial charge in [0.1, 0.15) is 5.00 Å². The van der Waals surface area contributed by atoms with Crippen LogP contribution in [-0.4, -0.2) is 28.0 Å². The average Bonchev–Trinajstić information content (AvgIpc) is 3.01. The number of hydrogen-bond donors (Lipinski definition) is 2. The monoisotopic (exact) mass is 324 g/mol. The number of ether oxygens (including phenoxy) is 1. The molecular weight excluding hydrogens is 308 g/mol. The summed E-state index contributed by atoms with van der Waals surface area (Å²) in [6, 6.07) is 3.69. The fraction of sp³-hybridized carbons (Fsp3) is 0.308. The van der Waals surface area contributed by atoms with Crippen LogP contribution in [0.3, 0.4) is 0 Å². The Morgan fingerprint density at radius 3 is 2.95 bits per heavy atom. The van der Waals surface area contributed by atoms with Crippen molar-refractivity contribution in [2.45, 2.75) is 13.5 Å². The Balaban J connectivity index is 1.98. The maximum atomic E-state index is 11.7. The van der Waals surface area contributed by atoms with Crippen LogP contribution >= 0.6 is 23.6 Å². The van der Waals surface area contributed by atoms with Gasteiger partial charge in [-0.05, 0) is 31.3 Å². The summed E-state index contributed by atoms with van der Waals surface area (Å²) in [6.45, 7) is 2.44. The molecule has 6 nitrogen and oxygen atoms in total. The van der Waals surface area contributed by atoms with Gasteiger partial charge < -0.3 is 15.4 Å². The van der Waals surface area contributed by atoms with Gasteiger partial charge >= 0.3 is 5.97 Å². The van der Waals surface area contributed by atoms with Crippen LogP contribution in [0.25, 0.3) is 0 Å². The summed E-state index contributed by atoms with van der Waals surface area (Å²) >= 11 is 6.68. The zero-order valence-electron chi connectivity index (χ0n) is 12.0. The van der Waals surface area contributed by atoms with Gasteiger partial charge in [-0.3, -0.25) is 4.68 Å². The van der Waals surface area contributed by atoms with E-state index in [-0.39, 0.29) is 5.97 Å². The molecule has 0 spiro atoms. The number of thiocarbonyl (C=S) groups is 1. The third-order valence-electron chi connectivity index (χ3n) is 2.69. The Bertz CT molecular complexity index is 663. The molecule has 0 aliphatic heterocycles. The minimum absolute atomic E-state index is 0.380. The van der Waals surface area contributed by atoms with Gasteiger partial charge in [0.15, 0.2) is 5.11 Å². The number of aromatic nitrogens is 2. The topological polar surface area (TPSA) is 68.2 Å². The van der Waals surface area contributed by atoms with Crippen molar-refractivity contribution in [3.63, 3.8) is 0 Å². The fourth-order valence-corrected chi connectivity index (χ4v) is 2.89. The summed E-state index contributed by atoms with van der Waals surface area (Å²) in [7, 11) is 3.22. The lowest BCUT2D eigenvalue weighted by Gasteiger charge is -2.09. The number of esters is 1. The average molecular weight is 324 g/mol. The fourth-order valence-electron chi connectivity index (χ4n) is 1.74. The molecule has 0 aromatic carbocycles. The summed E-state index contributed by atoms with van der Waals surface area (Å²) in [6.07, 6.45) is 1.87. The summed E-state index contributed by atoms with van der Waals surface area (Å²) in [5, 5.41) is 11.4. The van der Waals surface area contributed by atoms with Crippen molar-refractivity contribution in [3.05, 3.63) is 34.5 Å². The number of thiophene rings is 1. The van der Waals surface area contributed by atoms with Gasteiger partial charge in [-0.1, -0.05) is 0 Å². The molecule has 8 heteroatoms. The Morgan fingerprint density at radius 1 is 1.57 bits per heavy atom. The molecule has 21 heavy (non-hydrogen) atoms. The highest BCUT2D eigenvalue weighted by molar-refractivity contribution is 7.80. The molecule has 0 unspecified atom stereocenters. The van der Waals surface area contributed by atoms with Crippen molar-refractivity contribution in [3.8, 4) is 0 Å². The van der Waals surface area contributed by atoms with E-state index < -0.39 is 0 Å². The molecule has 2 aromatic rings. The number of rotatable bonds is 4. The van der Waals surface area contributed by atoms with Crippen molar-refractivity contribution in [1.29, 1.82) is 0 Å². The lowest BCUT2D eigenvalue weighted by atomic mass is 10.3. The Kier molecular flexibility index (Phi) is 4.92. The van der Waals surface area contributed by atoms with Gasteiger partial charge in [-0.2, -0.15) is 5.10 Å². The maximum absolute atomic E-state index is 11.7. The number of methoxy groups -OCH3 is 1. The number of hydrogen-bond acceptors (Lipinski definition) is 5. The number of aryl methyl sites for hydroxylation is 2. The molecule has 2 N–H and O–H groups in total. The van der Waals surface area contributed by atoms with Gasteiger partial charge in [-0.25, -0.2) is 4.79 Å². The van der Waals surface area contributed by atoms with Crippen molar-refractivity contribution >= 4 is 39.6 Å². The summed E-state index contributed by atoms with van der Waals surface area (Å²) in [4.78, 5) is 12.7. The molecule has 0 aliphatic rings. The second-order valence-corrected chi connectivity index (χ2v) is 6.04. The van der Waals surface area contributed by atoms with Crippen LogP contribution < -0.4 is 10.6 Å². The second kappa shape index (κ2) is 6.68. The number of nitrogens with one attached hydrogen (secondary N) is 2. The third kappa shape index (κ3) is 4.02. The molecule has 0 saturated carbocycles. The van der Waals surface area contributed by atoms with Gasteiger partial charge in [0, 0.05) is 18.1 Å². The first-order chi connectivity index (χ1) is 9.99. The summed E-state index contributed by atoms with van der Waals surface area (Å²) < 4.78 is 6.48. The molecule has 2 aromatic heterocycles. The molecule has 0 atom stereocenters. The van der Waals surface area contributed by atoms with Crippen LogP contribution in [0.5, 0.6) is 0 Å². The van der Waals surface area contributed by atoms with Crippen LogP contribution in [0.2, 0.25) is 0 Å². The third-order valence-corrected chi connectivity index (χ3v) is 3.90. The predicted octanol–water partition coefficient (Wildman–Crippen LogP) is 2.06. The van der Waals surface area contributed by atoms with E-state index in [9.17, 15) is 4.79 Å². The SMILES string of the molecule is COC(=O)c1cc(C)sc1NC(=S)NCc1ccn(C)n1. The Morgan fingerprint density at radius 2 is 2.33 bits per heavy atom. The normalized spacial score (nSPS) is 10.2. The van der Waals surface area contributed by atoms with Crippen LogP contribution in [0.15, 0.2) is 18.3 Å². The molecule has 112 valence electrons. The van der Waals surface area contributed by atoms with E-state index in [0.29, 0.717) is 22.2 Å². The number of nitrogens with zero attached hydrogens (tertiary/aromatic N) is 2. The first-order valence-corrected chi connectivity index (χ1v) is 7.44. The standard InChI is InChI=1S/C13H16N4O2S2/c1-8-6-10(12(18)19-3)11(21-8)15-13(20)14-7-9-4-5-17(2)16-9/h4-6H,7H2,1-3H3,(H2,14,15,20). The second-order valence-electron chi connectivity index (χ2n) is 4.38. The van der Waals surface area contributed by atoms with Gasteiger partial charge in [0.2, 0.25) is 0 Å². The van der Waals surface area contributed by atoms with Crippen molar-refractivity contribution in [2.24, 2.45) is 7.05 Å². The quantitative estimate of drug-likeness (QED) is 0.663. The molecule has 0 fully saturated rings. The van der Waals surface area contributed by atoms with Gasteiger partial charge in [0.25, 0.3) is 0 Å². The van der Waals surface area contributed by atoms with E-state index in [4.69, 9.17) is 17.0 Å². The minimum Gasteiger partial charge on any atom is -0.465 e. The van der Waals surface area contributed by atoms with Crippen LogP contribution in [-0.2, 0) is 18.3 Å². The zero-order chi connectivity index (χ0) is 15.4. The van der Waals surface area contributed by atoms with E-state index in [1.54, 1.807) is 10.7 Å². The lowest BCUT2D eigenvalue weighted by Crippen LogP contribution is -2.28. The lowest BCUT2D eigenvalue weighted by molar-refractivity contribution is 0.0602. The number of carbonyl (C=O) groups is 1. The molecular formula is C13H16N4O2S2. The van der Waals surface area contributed by atoms with Crippen molar-refractivity contribution < 1.29 is 9.53 Å². The zero-order valence-corrected chi connectivity index (χ0v) is 13.6. The highest BCUT2D eigenvalue weighted by Crippen LogP contribution is 2.28. The van der Waals surface area contributed by atoms with E-state index >= 15 is 0 Å². The molecule has 2 heterocycles. The maximum Gasteiger partial charge on any atom is 0.340 e. The molecule has 0 bridgehead atoms. The number of carbonyl (C=O) groups excluding carboxylic acids is 1. The first-order valence-electron chi connectivity index (χ1n) is 6.21. The van der Waals surface area contributed by atoms with Gasteiger partial charge in [-0.15, -0.1) is 11.3 Å². The summed E-state index contributed by atoms with van der Waals surface area (Å²) in [5.74, 6) is -0.380. The van der Waals surface area contributed by atoms with Crippen molar-refractivity contribution in [1.82, 2.24) is 15.1 Å². The molecule has 0 radical (unpaired) electrons. The van der Waals surface area contributed by atoms with Crippen LogP contribution in [0, 0.1) is 6.92 Å². The minimum atomic E-state index is -0.380. The highest BCUT2D eigenvalue weighted by atomic mass is 32.1.